The van der Waals surface area contributed by atoms with Crippen LogP contribution in [0.3, 0.4) is 0 Å². The van der Waals surface area contributed by atoms with Crippen molar-refractivity contribution in [2.24, 2.45) is 0 Å². The minimum atomic E-state index is -0.881. The predicted molar refractivity (Wildman–Crippen MR) is 126 cm³/mol. The Kier molecular flexibility index (Phi) is 5.92. The van der Waals surface area contributed by atoms with Crippen LogP contribution in [0.5, 0.6) is 5.75 Å². The Hall–Kier alpha value is -4.61. The van der Waals surface area contributed by atoms with Crippen molar-refractivity contribution < 1.29 is 23.5 Å². The zero-order valence-corrected chi connectivity index (χ0v) is 19.2. The van der Waals surface area contributed by atoms with Gasteiger partial charge in [0.1, 0.15) is 29.5 Å². The maximum atomic E-state index is 13.4. The normalized spacial score (nSPS) is 13.8. The summed E-state index contributed by atoms with van der Waals surface area (Å²) in [6.07, 6.45) is 1.44. The number of carbonyl (C=O) groups is 2. The number of aromatic nitrogens is 4. The molecule has 0 radical (unpaired) electrons. The standard InChI is InChI=1S/C24H21F2N7O3/c1-14-8-21(33-24(29-14)27-13-28-33)31-4-6-32(7-5-31)23(36)19-3-2-18(12-20(19)34)30-22(35)15-9-16(25)11-17(26)10-15/h2-3,8-13,34H,4-7H2,1H3,(H,30,35). The number of aryl methyl sites for hydroxylation is 1. The number of nitrogens with zero attached hydrogens (tertiary/aromatic N) is 6. The minimum Gasteiger partial charge on any atom is -0.507 e. The number of anilines is 2. The van der Waals surface area contributed by atoms with Gasteiger partial charge < -0.3 is 20.2 Å². The molecule has 0 bridgehead atoms. The molecule has 10 nitrogen and oxygen atoms in total. The highest BCUT2D eigenvalue weighted by atomic mass is 19.1. The Bertz CT molecular complexity index is 1460. The molecular weight excluding hydrogens is 472 g/mol. The van der Waals surface area contributed by atoms with Crippen LogP contribution in [-0.2, 0) is 0 Å². The van der Waals surface area contributed by atoms with Crippen molar-refractivity contribution in [3.8, 4) is 5.75 Å². The fraction of sp³-hybridized carbons (Fsp3) is 0.208. The molecule has 1 aliphatic heterocycles. The van der Waals surface area contributed by atoms with Gasteiger partial charge in [-0.15, -0.1) is 0 Å². The number of aromatic hydroxyl groups is 1. The average molecular weight is 493 g/mol. The number of fused-ring (bicyclic) bond motifs is 1. The lowest BCUT2D eigenvalue weighted by Crippen LogP contribution is -2.49. The van der Waals surface area contributed by atoms with Crippen LogP contribution < -0.4 is 10.2 Å². The van der Waals surface area contributed by atoms with E-state index in [0.29, 0.717) is 38.0 Å². The summed E-state index contributed by atoms with van der Waals surface area (Å²) in [6.45, 7) is 3.80. The topological polar surface area (TPSA) is 116 Å². The number of hydrogen-bond acceptors (Lipinski definition) is 7. The van der Waals surface area contributed by atoms with Gasteiger partial charge >= 0.3 is 0 Å². The van der Waals surface area contributed by atoms with Crippen LogP contribution in [0.25, 0.3) is 5.78 Å². The number of carbonyl (C=O) groups excluding carboxylic acids is 2. The molecule has 0 unspecified atom stereocenters. The Morgan fingerprint density at radius 2 is 1.72 bits per heavy atom. The molecule has 4 aromatic rings. The molecule has 184 valence electrons. The number of nitrogens with one attached hydrogen (secondary N) is 1. The molecule has 0 atom stereocenters. The van der Waals surface area contributed by atoms with Gasteiger partial charge in [-0.3, -0.25) is 9.59 Å². The first-order valence-corrected chi connectivity index (χ1v) is 11.1. The van der Waals surface area contributed by atoms with E-state index < -0.39 is 17.5 Å². The Morgan fingerprint density at radius 3 is 2.42 bits per heavy atom. The largest absolute Gasteiger partial charge is 0.507 e. The Labute approximate surface area is 203 Å². The summed E-state index contributed by atoms with van der Waals surface area (Å²) in [6, 6.07) is 8.44. The number of rotatable bonds is 4. The summed E-state index contributed by atoms with van der Waals surface area (Å²) in [4.78, 5) is 37.6. The molecule has 0 aliphatic carbocycles. The zero-order chi connectivity index (χ0) is 25.4. The van der Waals surface area contributed by atoms with Gasteiger partial charge in [0.15, 0.2) is 0 Å². The molecule has 2 amide bonds. The summed E-state index contributed by atoms with van der Waals surface area (Å²) in [5, 5.41) is 17.1. The van der Waals surface area contributed by atoms with Crippen molar-refractivity contribution in [1.82, 2.24) is 24.5 Å². The lowest BCUT2D eigenvalue weighted by molar-refractivity contribution is 0.0743. The van der Waals surface area contributed by atoms with E-state index in [9.17, 15) is 23.5 Å². The molecule has 2 aromatic heterocycles. The van der Waals surface area contributed by atoms with Gasteiger partial charge in [-0.25, -0.2) is 13.8 Å². The molecule has 1 saturated heterocycles. The number of benzene rings is 2. The van der Waals surface area contributed by atoms with Crippen molar-refractivity contribution >= 4 is 29.1 Å². The summed E-state index contributed by atoms with van der Waals surface area (Å²) in [7, 11) is 0. The molecule has 3 heterocycles. The van der Waals surface area contributed by atoms with Crippen LogP contribution >= 0.6 is 0 Å². The van der Waals surface area contributed by atoms with E-state index in [2.05, 4.69) is 25.3 Å². The Morgan fingerprint density at radius 1 is 1.00 bits per heavy atom. The molecule has 0 spiro atoms. The first kappa shape index (κ1) is 23.1. The Balaban J connectivity index is 1.25. The molecule has 36 heavy (non-hydrogen) atoms. The fourth-order valence-corrected chi connectivity index (χ4v) is 4.12. The maximum absolute atomic E-state index is 13.4. The van der Waals surface area contributed by atoms with E-state index in [0.717, 1.165) is 23.6 Å². The second-order valence-electron chi connectivity index (χ2n) is 8.35. The molecule has 2 aromatic carbocycles. The van der Waals surface area contributed by atoms with E-state index in [1.165, 1.54) is 24.5 Å². The third-order valence-corrected chi connectivity index (χ3v) is 5.86. The average Bonchev–Trinajstić information content (AvgIpc) is 3.31. The highest BCUT2D eigenvalue weighted by Gasteiger charge is 2.26. The molecule has 2 N–H and O–H groups in total. The molecule has 12 heteroatoms. The summed E-state index contributed by atoms with van der Waals surface area (Å²) in [5.41, 5.74) is 0.853. The van der Waals surface area contributed by atoms with Gasteiger partial charge in [0.2, 0.25) is 0 Å². The number of hydrogen-bond donors (Lipinski definition) is 2. The van der Waals surface area contributed by atoms with Crippen LogP contribution in [0.15, 0.2) is 48.8 Å². The number of halogens is 2. The highest BCUT2D eigenvalue weighted by molar-refractivity contribution is 6.05. The summed E-state index contributed by atoms with van der Waals surface area (Å²) >= 11 is 0. The lowest BCUT2D eigenvalue weighted by Gasteiger charge is -2.36. The van der Waals surface area contributed by atoms with Crippen LogP contribution in [-0.4, -0.2) is 67.6 Å². The summed E-state index contributed by atoms with van der Waals surface area (Å²) in [5.74, 6) is -1.85. The van der Waals surface area contributed by atoms with Crippen molar-refractivity contribution in [3.63, 3.8) is 0 Å². The SMILES string of the molecule is Cc1cc(N2CCN(C(=O)c3ccc(NC(=O)c4cc(F)cc(F)c4)cc3O)CC2)n2ncnc2n1. The quantitative estimate of drug-likeness (QED) is 0.449. The van der Waals surface area contributed by atoms with Crippen molar-refractivity contribution in [1.29, 1.82) is 0 Å². The molecule has 1 fully saturated rings. The predicted octanol–water partition coefficient (Wildman–Crippen LogP) is 2.63. The molecular formula is C24H21F2N7O3. The number of piperazine rings is 1. The molecule has 0 saturated carbocycles. The van der Waals surface area contributed by atoms with Crippen LogP contribution in [0.1, 0.15) is 26.4 Å². The maximum Gasteiger partial charge on any atom is 0.257 e. The van der Waals surface area contributed by atoms with E-state index in [1.807, 2.05) is 13.0 Å². The third kappa shape index (κ3) is 4.52. The van der Waals surface area contributed by atoms with Gasteiger partial charge in [-0.1, -0.05) is 0 Å². The van der Waals surface area contributed by atoms with Gasteiger partial charge in [-0.05, 0) is 31.2 Å². The van der Waals surface area contributed by atoms with Gasteiger partial charge in [0.25, 0.3) is 17.6 Å². The van der Waals surface area contributed by atoms with E-state index >= 15 is 0 Å². The lowest BCUT2D eigenvalue weighted by atomic mass is 10.1. The van der Waals surface area contributed by atoms with E-state index in [1.54, 1.807) is 9.42 Å². The summed E-state index contributed by atoms with van der Waals surface area (Å²) < 4.78 is 28.4. The van der Waals surface area contributed by atoms with Crippen molar-refractivity contribution in [2.45, 2.75) is 6.92 Å². The molecule has 5 rings (SSSR count). The van der Waals surface area contributed by atoms with E-state index in [-0.39, 0.29) is 28.5 Å². The number of amides is 2. The van der Waals surface area contributed by atoms with Gasteiger partial charge in [-0.2, -0.15) is 14.6 Å². The first-order chi connectivity index (χ1) is 17.3. The molecule has 1 aliphatic rings. The second kappa shape index (κ2) is 9.21. The second-order valence-corrected chi connectivity index (χ2v) is 8.35. The van der Waals surface area contributed by atoms with Crippen LogP contribution in [0, 0.1) is 18.6 Å². The first-order valence-electron chi connectivity index (χ1n) is 11.1. The zero-order valence-electron chi connectivity index (χ0n) is 19.2. The van der Waals surface area contributed by atoms with Crippen molar-refractivity contribution in [3.05, 3.63) is 77.2 Å². The highest BCUT2D eigenvalue weighted by Crippen LogP contribution is 2.25. The number of phenols is 1. The minimum absolute atomic E-state index is 0.0803. The van der Waals surface area contributed by atoms with Gasteiger partial charge in [0, 0.05) is 61.3 Å². The fourth-order valence-electron chi connectivity index (χ4n) is 4.12. The van der Waals surface area contributed by atoms with Crippen molar-refractivity contribution in [2.75, 3.05) is 36.4 Å². The van der Waals surface area contributed by atoms with Gasteiger partial charge in [0.05, 0.1) is 5.56 Å². The third-order valence-electron chi connectivity index (χ3n) is 5.86. The van der Waals surface area contributed by atoms with Crippen LogP contribution in [0.4, 0.5) is 20.3 Å². The van der Waals surface area contributed by atoms with E-state index in [4.69, 9.17) is 0 Å². The number of phenolic OH excluding ortho intramolecular Hbond substituents is 1. The van der Waals surface area contributed by atoms with Crippen LogP contribution in [0.2, 0.25) is 0 Å². The smallest absolute Gasteiger partial charge is 0.257 e. The monoisotopic (exact) mass is 493 g/mol.